The molecule has 2 heteroatoms. The zero-order valence-corrected chi connectivity index (χ0v) is 35.5. The number of unbranched alkanes of at least 4 members (excludes halogenated alkanes) is 2. The highest BCUT2D eigenvalue weighted by atomic mass is 15.1. The molecule has 0 atom stereocenters. The lowest BCUT2D eigenvalue weighted by Crippen LogP contribution is -2.11. The molecule has 0 fully saturated rings. The molecule has 0 aromatic heterocycles. The van der Waals surface area contributed by atoms with Crippen molar-refractivity contribution in [2.45, 2.75) is 91.9 Å². The van der Waals surface area contributed by atoms with Crippen molar-refractivity contribution in [1.82, 2.24) is 0 Å². The Balaban J connectivity index is 1.32. The molecule has 7 aromatic carbocycles. The third-order valence-corrected chi connectivity index (χ3v) is 11.4. The second kappa shape index (κ2) is 19.1. The van der Waals surface area contributed by atoms with Crippen LogP contribution in [0, 0.1) is 0 Å². The summed E-state index contributed by atoms with van der Waals surface area (Å²) in [5, 5.41) is 0. The fourth-order valence-corrected chi connectivity index (χ4v) is 7.87. The van der Waals surface area contributed by atoms with Crippen molar-refractivity contribution in [2.75, 3.05) is 9.80 Å². The van der Waals surface area contributed by atoms with Crippen molar-refractivity contribution in [2.24, 2.45) is 0 Å². The minimum Gasteiger partial charge on any atom is -0.311 e. The molecule has 0 saturated heterocycles. The van der Waals surface area contributed by atoms with Gasteiger partial charge in [-0.1, -0.05) is 151 Å². The van der Waals surface area contributed by atoms with E-state index in [0.717, 1.165) is 47.0 Å². The van der Waals surface area contributed by atoms with Gasteiger partial charge in [0.15, 0.2) is 0 Å². The Labute approximate surface area is 348 Å². The fourth-order valence-electron chi connectivity index (χ4n) is 7.87. The molecule has 7 rings (SSSR count). The molecule has 0 aliphatic carbocycles. The quantitative estimate of drug-likeness (QED) is 0.0968. The minimum atomic E-state index is 0.473. The Hall–Kier alpha value is -5.86. The van der Waals surface area contributed by atoms with Gasteiger partial charge in [0.05, 0.1) is 0 Å². The van der Waals surface area contributed by atoms with E-state index in [1.165, 1.54) is 70.2 Å². The molecule has 2 nitrogen and oxygen atoms in total. The molecule has 58 heavy (non-hydrogen) atoms. The molecule has 0 aliphatic rings. The van der Waals surface area contributed by atoms with Gasteiger partial charge < -0.3 is 9.80 Å². The van der Waals surface area contributed by atoms with Gasteiger partial charge in [0.1, 0.15) is 0 Å². The van der Waals surface area contributed by atoms with Crippen LogP contribution in [0.15, 0.2) is 170 Å². The lowest BCUT2D eigenvalue weighted by molar-refractivity contribution is 0.795. The number of benzene rings is 7. The highest BCUT2D eigenvalue weighted by molar-refractivity contribution is 5.90. The molecule has 0 N–H and O–H groups in total. The molecule has 0 bridgehead atoms. The Bertz CT molecular complexity index is 2320. The van der Waals surface area contributed by atoms with Gasteiger partial charge in [0.2, 0.25) is 0 Å². The summed E-state index contributed by atoms with van der Waals surface area (Å²) in [5.74, 6) is 0.954. The van der Waals surface area contributed by atoms with E-state index in [1.807, 2.05) is 0 Å². The summed E-state index contributed by atoms with van der Waals surface area (Å²) in [6.07, 6.45) is 7.03. The van der Waals surface area contributed by atoms with E-state index >= 15 is 0 Å². The number of hydrogen-bond acceptors (Lipinski definition) is 2. The van der Waals surface area contributed by atoms with E-state index < -0.39 is 0 Å². The van der Waals surface area contributed by atoms with Crippen LogP contribution in [-0.4, -0.2) is 0 Å². The molecule has 0 amide bonds. The normalized spacial score (nSPS) is 11.3. The molecule has 294 valence electrons. The van der Waals surface area contributed by atoms with Crippen LogP contribution in [0.3, 0.4) is 0 Å². The monoisotopic (exact) mass is 760 g/mol. The SMILES string of the molecule is CCCCc1ccc(N(c2ccc(-c3cc(N(c4ccc(CCCC)cc4)c4ccc(C(C)C)cc4)ccc3-c3ccccc3)cc2)c2ccc(C(C)C)cc2)cc1. The lowest BCUT2D eigenvalue weighted by atomic mass is 9.93. The minimum absolute atomic E-state index is 0.473. The van der Waals surface area contributed by atoms with Gasteiger partial charge in [-0.3, -0.25) is 0 Å². The molecule has 0 heterocycles. The number of hydrogen-bond donors (Lipinski definition) is 0. The smallest absolute Gasteiger partial charge is 0.0468 e. The van der Waals surface area contributed by atoms with Crippen molar-refractivity contribution in [1.29, 1.82) is 0 Å². The van der Waals surface area contributed by atoms with Crippen molar-refractivity contribution in [3.05, 3.63) is 192 Å². The maximum atomic E-state index is 2.41. The Morgan fingerprint density at radius 2 is 0.724 bits per heavy atom. The van der Waals surface area contributed by atoms with E-state index in [0.29, 0.717) is 11.8 Å². The Morgan fingerprint density at radius 3 is 1.14 bits per heavy atom. The van der Waals surface area contributed by atoms with Crippen molar-refractivity contribution < 1.29 is 0 Å². The van der Waals surface area contributed by atoms with E-state index in [2.05, 4.69) is 221 Å². The summed E-state index contributed by atoms with van der Waals surface area (Å²) in [7, 11) is 0. The first kappa shape index (κ1) is 40.3. The maximum Gasteiger partial charge on any atom is 0.0468 e. The Kier molecular flexibility index (Phi) is 13.3. The zero-order chi connectivity index (χ0) is 40.4. The largest absolute Gasteiger partial charge is 0.311 e. The predicted octanol–water partition coefficient (Wildman–Crippen LogP) is 16.9. The third-order valence-electron chi connectivity index (χ3n) is 11.4. The molecular weight excluding hydrogens is 701 g/mol. The predicted molar refractivity (Wildman–Crippen MR) is 252 cm³/mol. The molecule has 0 radical (unpaired) electrons. The highest BCUT2D eigenvalue weighted by Gasteiger charge is 2.19. The van der Waals surface area contributed by atoms with Gasteiger partial charge in [-0.25, -0.2) is 0 Å². The first-order chi connectivity index (χ1) is 28.3. The molecule has 0 spiro atoms. The second-order valence-electron chi connectivity index (χ2n) is 16.3. The van der Waals surface area contributed by atoms with E-state index in [1.54, 1.807) is 0 Å². The summed E-state index contributed by atoms with van der Waals surface area (Å²) in [4.78, 5) is 4.80. The molecule has 0 aliphatic heterocycles. The number of rotatable bonds is 16. The van der Waals surface area contributed by atoms with E-state index in [-0.39, 0.29) is 0 Å². The van der Waals surface area contributed by atoms with Gasteiger partial charge in [-0.15, -0.1) is 0 Å². The summed E-state index contributed by atoms with van der Waals surface area (Å²) in [5.41, 5.74) is 17.2. The van der Waals surface area contributed by atoms with E-state index in [9.17, 15) is 0 Å². The van der Waals surface area contributed by atoms with Crippen LogP contribution in [0.5, 0.6) is 0 Å². The van der Waals surface area contributed by atoms with Crippen molar-refractivity contribution in [3.63, 3.8) is 0 Å². The van der Waals surface area contributed by atoms with Gasteiger partial charge in [0, 0.05) is 34.1 Å². The molecule has 0 saturated carbocycles. The number of aryl methyl sites for hydroxylation is 2. The average Bonchev–Trinajstić information content (AvgIpc) is 3.27. The van der Waals surface area contributed by atoms with Gasteiger partial charge >= 0.3 is 0 Å². The molecule has 0 unspecified atom stereocenters. The van der Waals surface area contributed by atoms with Crippen LogP contribution in [0.25, 0.3) is 22.3 Å². The summed E-state index contributed by atoms with van der Waals surface area (Å²) in [6, 6.07) is 63.5. The highest BCUT2D eigenvalue weighted by Crippen LogP contribution is 2.42. The van der Waals surface area contributed by atoms with Crippen LogP contribution in [0.1, 0.15) is 101 Å². The summed E-state index contributed by atoms with van der Waals surface area (Å²) >= 11 is 0. The first-order valence-corrected chi connectivity index (χ1v) is 21.6. The van der Waals surface area contributed by atoms with Crippen LogP contribution < -0.4 is 9.80 Å². The van der Waals surface area contributed by atoms with Crippen LogP contribution in [0.2, 0.25) is 0 Å². The van der Waals surface area contributed by atoms with Gasteiger partial charge in [0.25, 0.3) is 0 Å². The topological polar surface area (TPSA) is 6.48 Å². The average molecular weight is 761 g/mol. The second-order valence-corrected chi connectivity index (χ2v) is 16.3. The molecule has 7 aromatic rings. The van der Waals surface area contributed by atoms with Crippen LogP contribution in [-0.2, 0) is 12.8 Å². The van der Waals surface area contributed by atoms with Crippen LogP contribution in [0.4, 0.5) is 34.1 Å². The summed E-state index contributed by atoms with van der Waals surface area (Å²) < 4.78 is 0. The number of anilines is 6. The van der Waals surface area contributed by atoms with Crippen LogP contribution >= 0.6 is 0 Å². The first-order valence-electron chi connectivity index (χ1n) is 21.6. The third kappa shape index (κ3) is 9.46. The van der Waals surface area contributed by atoms with Gasteiger partial charge in [-0.2, -0.15) is 0 Å². The maximum absolute atomic E-state index is 2.41. The molecular formula is C56H60N2. The standard InChI is InChI=1S/C56H60N2/c1-7-9-14-43-18-28-49(29-19-43)57(51-32-22-45(23-33-51)41(3)4)52-36-26-48(27-37-52)56-40-54(38-39-55(56)47-16-12-11-13-17-47)58(53-34-24-46(25-35-53)42(5)6)50-30-20-44(21-31-50)15-10-8-2/h11-13,16-42H,7-10,14-15H2,1-6H3. The van der Waals surface area contributed by atoms with E-state index in [4.69, 9.17) is 0 Å². The van der Waals surface area contributed by atoms with Crippen molar-refractivity contribution >= 4 is 34.1 Å². The summed E-state index contributed by atoms with van der Waals surface area (Å²) in [6.45, 7) is 13.5. The fraction of sp³-hybridized carbons (Fsp3) is 0.250. The lowest BCUT2D eigenvalue weighted by Gasteiger charge is -2.28. The van der Waals surface area contributed by atoms with Crippen molar-refractivity contribution in [3.8, 4) is 22.3 Å². The number of nitrogens with zero attached hydrogens (tertiary/aromatic N) is 2. The Morgan fingerprint density at radius 1 is 0.362 bits per heavy atom. The zero-order valence-electron chi connectivity index (χ0n) is 35.5. The van der Waals surface area contributed by atoms with Gasteiger partial charge in [-0.05, 0) is 155 Å².